The van der Waals surface area contributed by atoms with Gasteiger partial charge in [0.05, 0.1) is 21.7 Å². The zero-order valence-electron chi connectivity index (χ0n) is 10.0. The third-order valence-electron chi connectivity index (χ3n) is 2.91. The largest absolute Gasteiger partial charge is 0.483 e. The lowest BCUT2D eigenvalue weighted by atomic mass is 10.0. The van der Waals surface area contributed by atoms with Gasteiger partial charge in [0.15, 0.2) is 11.5 Å². The summed E-state index contributed by atoms with van der Waals surface area (Å²) in [5.74, 6) is -0.192. The number of hydrogen-bond donors (Lipinski definition) is 0. The van der Waals surface area contributed by atoms with Crippen molar-refractivity contribution in [3.63, 3.8) is 0 Å². The van der Waals surface area contributed by atoms with Crippen molar-refractivity contribution in [1.29, 1.82) is 0 Å². The highest BCUT2D eigenvalue weighted by atomic mass is 35.5. The molecule has 0 radical (unpaired) electrons. The van der Waals surface area contributed by atoms with E-state index in [1.165, 1.54) is 0 Å². The van der Waals surface area contributed by atoms with Gasteiger partial charge in [0.2, 0.25) is 0 Å². The first-order valence-corrected chi connectivity index (χ1v) is 7.57. The maximum Gasteiger partial charge on any atom is 0.175 e. The highest BCUT2D eigenvalue weighted by molar-refractivity contribution is 6.55. The van der Waals surface area contributed by atoms with E-state index in [0.29, 0.717) is 19.6 Å². The van der Waals surface area contributed by atoms with Crippen LogP contribution in [0, 0.1) is 5.92 Å². The van der Waals surface area contributed by atoms with Crippen LogP contribution in [0.1, 0.15) is 6.42 Å². The first kappa shape index (κ1) is 16.5. The maximum atomic E-state index is 11.9. The monoisotopic (exact) mass is 376 g/mol. The fourth-order valence-corrected chi connectivity index (χ4v) is 2.99. The number of carbonyl (C=O) groups excluding carboxylic acids is 1. The lowest BCUT2D eigenvalue weighted by molar-refractivity contribution is -0.124. The molecule has 1 aromatic rings. The molecule has 20 heavy (non-hydrogen) atoms. The molecule has 0 spiro atoms. The predicted molar refractivity (Wildman–Crippen MR) is 80.9 cm³/mol. The van der Waals surface area contributed by atoms with E-state index < -0.39 is 0 Å². The van der Waals surface area contributed by atoms with E-state index in [-0.39, 0.29) is 49.2 Å². The van der Waals surface area contributed by atoms with Crippen LogP contribution in [0.25, 0.3) is 0 Å². The Bertz CT molecular complexity index is 511. The van der Waals surface area contributed by atoms with Crippen molar-refractivity contribution in [3.8, 4) is 5.75 Å². The zero-order chi connectivity index (χ0) is 14.9. The minimum absolute atomic E-state index is 0.0292. The summed E-state index contributed by atoms with van der Waals surface area (Å²) in [5.41, 5.74) is 0. The number of halogens is 5. The van der Waals surface area contributed by atoms with E-state index in [0.717, 1.165) is 0 Å². The van der Waals surface area contributed by atoms with Crippen LogP contribution in [0.5, 0.6) is 5.75 Å². The number of carbonyl (C=O) groups is 1. The van der Waals surface area contributed by atoms with Crippen LogP contribution < -0.4 is 4.74 Å². The van der Waals surface area contributed by atoms with Crippen molar-refractivity contribution in [1.82, 2.24) is 0 Å². The smallest absolute Gasteiger partial charge is 0.175 e. The summed E-state index contributed by atoms with van der Waals surface area (Å²) in [5, 5.41) is 0.179. The van der Waals surface area contributed by atoms with Gasteiger partial charge in [-0.3, -0.25) is 4.79 Å². The summed E-state index contributed by atoms with van der Waals surface area (Å²) in [7, 11) is 0. The highest BCUT2D eigenvalue weighted by Gasteiger charge is 2.26. The summed E-state index contributed by atoms with van der Waals surface area (Å²) in [6, 6.07) is 0. The van der Waals surface area contributed by atoms with Gasteiger partial charge in [-0.2, -0.15) is 0 Å². The van der Waals surface area contributed by atoms with Gasteiger partial charge in [0, 0.05) is 12.5 Å². The molecular weight excluding hydrogens is 369 g/mol. The van der Waals surface area contributed by atoms with Crippen LogP contribution in [0.3, 0.4) is 0 Å². The minimum atomic E-state index is -0.179. The summed E-state index contributed by atoms with van der Waals surface area (Å²) in [6.45, 7) is 0.810. The van der Waals surface area contributed by atoms with Crippen molar-refractivity contribution in [2.75, 3.05) is 19.8 Å². The molecule has 0 saturated carbocycles. The second kappa shape index (κ2) is 6.91. The summed E-state index contributed by atoms with van der Waals surface area (Å²) >= 11 is 29.7. The molecule has 3 nitrogen and oxygen atoms in total. The first-order valence-electron chi connectivity index (χ1n) is 5.68. The molecule has 0 aliphatic carbocycles. The summed E-state index contributed by atoms with van der Waals surface area (Å²) < 4.78 is 10.5. The van der Waals surface area contributed by atoms with Gasteiger partial charge >= 0.3 is 0 Å². The molecule has 1 atom stereocenters. The fourth-order valence-electron chi connectivity index (χ4n) is 1.76. The highest BCUT2D eigenvalue weighted by Crippen LogP contribution is 2.48. The van der Waals surface area contributed by atoms with Gasteiger partial charge in [0.25, 0.3) is 0 Å². The van der Waals surface area contributed by atoms with E-state index in [1.54, 1.807) is 0 Å². The van der Waals surface area contributed by atoms with Crippen LogP contribution >= 0.6 is 58.0 Å². The third-order valence-corrected chi connectivity index (χ3v) is 5.16. The Kier molecular flexibility index (Phi) is 5.69. The molecule has 2 rings (SSSR count). The van der Waals surface area contributed by atoms with Crippen LogP contribution in [0.4, 0.5) is 0 Å². The number of benzene rings is 1. The Morgan fingerprint density at radius 1 is 1.05 bits per heavy atom. The van der Waals surface area contributed by atoms with E-state index in [9.17, 15) is 4.79 Å². The van der Waals surface area contributed by atoms with E-state index in [4.69, 9.17) is 67.5 Å². The zero-order valence-corrected chi connectivity index (χ0v) is 13.8. The molecule has 0 bridgehead atoms. The normalized spacial score (nSPS) is 18.4. The average molecular weight is 378 g/mol. The van der Waals surface area contributed by atoms with Gasteiger partial charge in [-0.15, -0.1) is 0 Å². The van der Waals surface area contributed by atoms with Gasteiger partial charge in [-0.05, 0) is 6.42 Å². The van der Waals surface area contributed by atoms with E-state index in [2.05, 4.69) is 0 Å². The Morgan fingerprint density at radius 3 is 2.10 bits per heavy atom. The topological polar surface area (TPSA) is 35.5 Å². The number of Topliss-reactive ketones (excluding diaryl/α,β-unsaturated/α-hetero) is 1. The van der Waals surface area contributed by atoms with Crippen molar-refractivity contribution >= 4 is 63.8 Å². The van der Waals surface area contributed by atoms with Gasteiger partial charge < -0.3 is 9.47 Å². The Labute approximate surface area is 141 Å². The Morgan fingerprint density at radius 2 is 1.60 bits per heavy atom. The second-order valence-electron chi connectivity index (χ2n) is 4.21. The summed E-state index contributed by atoms with van der Waals surface area (Å²) in [6.07, 6.45) is 0.686. The number of ether oxygens (including phenoxy) is 2. The molecule has 110 valence electrons. The van der Waals surface area contributed by atoms with E-state index in [1.807, 2.05) is 0 Å². The first-order chi connectivity index (χ1) is 9.43. The van der Waals surface area contributed by atoms with Crippen molar-refractivity contribution in [3.05, 3.63) is 25.1 Å². The second-order valence-corrected chi connectivity index (χ2v) is 6.10. The standard InChI is InChI=1S/C12H9Cl5O3/c13-7-8(14)10(16)12(11(17)9(7)15)20-4-6(18)5-1-2-19-3-5/h5H,1-4H2. The lowest BCUT2D eigenvalue weighted by Gasteiger charge is -2.14. The fraction of sp³-hybridized carbons (Fsp3) is 0.417. The SMILES string of the molecule is O=C(COc1c(Cl)c(Cl)c(Cl)c(Cl)c1Cl)C1CCOC1. The predicted octanol–water partition coefficient (Wildman–Crippen LogP) is 4.94. The molecular formula is C12H9Cl5O3. The number of rotatable bonds is 4. The van der Waals surface area contributed by atoms with Gasteiger partial charge in [0.1, 0.15) is 16.7 Å². The van der Waals surface area contributed by atoms with Gasteiger partial charge in [-0.1, -0.05) is 58.0 Å². The lowest BCUT2D eigenvalue weighted by Crippen LogP contribution is -2.21. The maximum absolute atomic E-state index is 11.9. The molecule has 1 aliphatic heterocycles. The molecule has 1 aliphatic rings. The molecule has 1 fully saturated rings. The van der Waals surface area contributed by atoms with Crippen molar-refractivity contribution in [2.24, 2.45) is 5.92 Å². The van der Waals surface area contributed by atoms with Crippen LogP contribution in [-0.4, -0.2) is 25.6 Å². The number of ketones is 1. The number of hydrogen-bond acceptors (Lipinski definition) is 3. The van der Waals surface area contributed by atoms with Crippen LogP contribution in [-0.2, 0) is 9.53 Å². The molecule has 1 saturated heterocycles. The third kappa shape index (κ3) is 3.29. The molecule has 1 heterocycles. The average Bonchev–Trinajstić information content (AvgIpc) is 2.97. The Balaban J connectivity index is 2.15. The quantitative estimate of drug-likeness (QED) is 0.550. The molecule has 0 aromatic heterocycles. The molecule has 1 aromatic carbocycles. The Hall–Kier alpha value is 0.1000. The van der Waals surface area contributed by atoms with E-state index >= 15 is 0 Å². The summed E-state index contributed by atoms with van der Waals surface area (Å²) in [4.78, 5) is 11.9. The van der Waals surface area contributed by atoms with Crippen molar-refractivity contribution in [2.45, 2.75) is 6.42 Å². The molecule has 0 amide bonds. The van der Waals surface area contributed by atoms with Crippen molar-refractivity contribution < 1.29 is 14.3 Å². The molecule has 8 heteroatoms. The van der Waals surface area contributed by atoms with Crippen LogP contribution in [0.2, 0.25) is 25.1 Å². The molecule has 0 N–H and O–H groups in total. The van der Waals surface area contributed by atoms with Crippen LogP contribution in [0.15, 0.2) is 0 Å². The molecule has 1 unspecified atom stereocenters. The minimum Gasteiger partial charge on any atom is -0.483 e. The van der Waals surface area contributed by atoms with Gasteiger partial charge in [-0.25, -0.2) is 0 Å².